The summed E-state index contributed by atoms with van der Waals surface area (Å²) < 4.78 is 39.2. The van der Waals surface area contributed by atoms with Crippen LogP contribution in [-0.2, 0) is 16.6 Å². The minimum Gasteiger partial charge on any atom is -0.493 e. The first kappa shape index (κ1) is 20.7. The van der Waals surface area contributed by atoms with E-state index in [1.165, 1.54) is 6.20 Å². The highest BCUT2D eigenvalue weighted by molar-refractivity contribution is 7.91. The Morgan fingerprint density at radius 1 is 1.12 bits per heavy atom. The monoisotopic (exact) mass is 462 g/mol. The lowest BCUT2D eigenvalue weighted by Gasteiger charge is -2.17. The number of rotatable bonds is 5. The Labute approximate surface area is 190 Å². The minimum absolute atomic E-state index is 0.172. The summed E-state index contributed by atoms with van der Waals surface area (Å²) in [5.41, 5.74) is 2.78. The van der Waals surface area contributed by atoms with Crippen LogP contribution in [0.4, 0.5) is 5.69 Å². The fourth-order valence-corrected chi connectivity index (χ4v) is 4.93. The van der Waals surface area contributed by atoms with Gasteiger partial charge in [0.15, 0.2) is 0 Å². The molecule has 5 rings (SSSR count). The van der Waals surface area contributed by atoms with Gasteiger partial charge < -0.3 is 14.6 Å². The van der Waals surface area contributed by atoms with E-state index in [9.17, 15) is 13.5 Å². The zero-order valence-corrected chi connectivity index (χ0v) is 18.0. The first-order chi connectivity index (χ1) is 15.9. The summed E-state index contributed by atoms with van der Waals surface area (Å²) >= 11 is 0. The molecule has 0 spiro atoms. The average molecular weight is 462 g/mol. The van der Waals surface area contributed by atoms with Crippen molar-refractivity contribution in [2.45, 2.75) is 18.9 Å². The van der Waals surface area contributed by atoms with Gasteiger partial charge >= 0.3 is 10.2 Å². The highest BCUT2D eigenvalue weighted by Gasteiger charge is 2.29. The van der Waals surface area contributed by atoms with E-state index in [2.05, 4.69) is 4.98 Å². The maximum absolute atomic E-state index is 12.0. The van der Waals surface area contributed by atoms with Gasteiger partial charge in [-0.25, -0.2) is 14.0 Å². The largest absolute Gasteiger partial charge is 0.493 e. The summed E-state index contributed by atoms with van der Waals surface area (Å²) in [5, 5.41) is 18.3. The summed E-state index contributed by atoms with van der Waals surface area (Å²) in [7, 11) is -3.83. The van der Waals surface area contributed by atoms with Gasteiger partial charge in [-0.15, -0.1) is 0 Å². The van der Waals surface area contributed by atoms with Crippen molar-refractivity contribution >= 4 is 15.9 Å². The molecule has 2 aromatic carbocycles. The molecule has 0 saturated heterocycles. The van der Waals surface area contributed by atoms with Gasteiger partial charge in [0.2, 0.25) is 5.88 Å². The average Bonchev–Trinajstić information content (AvgIpc) is 3.34. The van der Waals surface area contributed by atoms with Gasteiger partial charge in [0.1, 0.15) is 35.1 Å². The van der Waals surface area contributed by atoms with Crippen LogP contribution in [0.15, 0.2) is 72.9 Å². The quantitative estimate of drug-likeness (QED) is 0.590. The first-order valence-corrected chi connectivity index (χ1v) is 11.5. The molecular formula is C23H18N4O5S. The number of aromatic nitrogens is 1. The number of hydrogen-bond donors (Lipinski definition) is 2. The lowest BCUT2D eigenvalue weighted by Crippen LogP contribution is -2.29. The van der Waals surface area contributed by atoms with Gasteiger partial charge in [-0.2, -0.15) is 13.7 Å². The number of benzene rings is 2. The van der Waals surface area contributed by atoms with Crippen LogP contribution in [0, 0.1) is 11.3 Å². The number of nitriles is 1. The first-order valence-electron chi connectivity index (χ1n) is 10.1. The van der Waals surface area contributed by atoms with E-state index in [1.807, 2.05) is 29.0 Å². The SMILES string of the molecule is N#Cc1ccc(Oc2cccc3c2CC[C@H]3Oc2ccc(N3C=C(O)NS3(=O)=O)cc2)cn1. The normalized spacial score (nSPS) is 18.1. The predicted molar refractivity (Wildman–Crippen MR) is 119 cm³/mol. The van der Waals surface area contributed by atoms with Gasteiger partial charge in [-0.3, -0.25) is 0 Å². The molecule has 9 nitrogen and oxygen atoms in total. The van der Waals surface area contributed by atoms with Crippen molar-refractivity contribution in [2.24, 2.45) is 0 Å². The summed E-state index contributed by atoms with van der Waals surface area (Å²) in [4.78, 5) is 4.03. The third-order valence-corrected chi connectivity index (χ3v) is 6.65. The van der Waals surface area contributed by atoms with Crippen LogP contribution < -0.4 is 18.5 Å². The Morgan fingerprint density at radius 3 is 2.58 bits per heavy atom. The zero-order chi connectivity index (χ0) is 23.0. The molecule has 1 aliphatic heterocycles. The number of hydrogen-bond acceptors (Lipinski definition) is 7. The van der Waals surface area contributed by atoms with Crippen LogP contribution >= 0.6 is 0 Å². The molecule has 0 amide bonds. The molecule has 0 bridgehead atoms. The molecule has 0 fully saturated rings. The number of ether oxygens (including phenoxy) is 2. The molecule has 33 heavy (non-hydrogen) atoms. The molecule has 2 heterocycles. The van der Waals surface area contributed by atoms with Gasteiger partial charge in [-0.05, 0) is 60.9 Å². The van der Waals surface area contributed by atoms with Crippen molar-refractivity contribution in [1.29, 1.82) is 5.26 Å². The number of nitrogens with one attached hydrogen (secondary N) is 1. The maximum Gasteiger partial charge on any atom is 0.330 e. The van der Waals surface area contributed by atoms with Crippen molar-refractivity contribution in [1.82, 2.24) is 9.71 Å². The summed E-state index contributed by atoms with van der Waals surface area (Å²) in [6.07, 6.45) is 4.00. The van der Waals surface area contributed by atoms with E-state index in [1.54, 1.807) is 36.4 Å². The summed E-state index contributed by atoms with van der Waals surface area (Å²) in [6, 6.07) is 17.7. The molecule has 1 aliphatic carbocycles. The van der Waals surface area contributed by atoms with Crippen LogP contribution in [0.1, 0.15) is 29.3 Å². The Morgan fingerprint density at radius 2 is 1.91 bits per heavy atom. The molecule has 0 saturated carbocycles. The van der Waals surface area contributed by atoms with E-state index in [4.69, 9.17) is 14.7 Å². The third kappa shape index (κ3) is 4.02. The van der Waals surface area contributed by atoms with Gasteiger partial charge in [0.05, 0.1) is 18.1 Å². The lowest BCUT2D eigenvalue weighted by atomic mass is 10.1. The van der Waals surface area contributed by atoms with E-state index >= 15 is 0 Å². The molecule has 1 aromatic heterocycles. The topological polar surface area (TPSA) is 125 Å². The van der Waals surface area contributed by atoms with Crippen LogP contribution in [0.3, 0.4) is 0 Å². The van der Waals surface area contributed by atoms with Gasteiger partial charge in [0.25, 0.3) is 0 Å². The highest BCUT2D eigenvalue weighted by Crippen LogP contribution is 2.41. The fraction of sp³-hybridized carbons (Fsp3) is 0.130. The zero-order valence-electron chi connectivity index (χ0n) is 17.2. The molecule has 2 N–H and O–H groups in total. The second kappa shape index (κ2) is 8.03. The Hall–Kier alpha value is -4.23. The number of anilines is 1. The summed E-state index contributed by atoms with van der Waals surface area (Å²) in [5.74, 6) is 1.43. The maximum atomic E-state index is 12.0. The Kier molecular flexibility index (Phi) is 5.03. The van der Waals surface area contributed by atoms with E-state index in [0.29, 0.717) is 22.9 Å². The van der Waals surface area contributed by atoms with Crippen LogP contribution in [0.5, 0.6) is 17.2 Å². The minimum atomic E-state index is -3.83. The smallest absolute Gasteiger partial charge is 0.330 e. The molecule has 2 aliphatic rings. The van der Waals surface area contributed by atoms with E-state index < -0.39 is 16.1 Å². The number of pyridine rings is 1. The Bertz CT molecular complexity index is 1380. The van der Waals surface area contributed by atoms with E-state index in [0.717, 1.165) is 40.2 Å². The van der Waals surface area contributed by atoms with Crippen LogP contribution in [-0.4, -0.2) is 18.5 Å². The number of aliphatic hydroxyl groups excluding tert-OH is 1. The van der Waals surface area contributed by atoms with Crippen molar-refractivity contribution in [2.75, 3.05) is 4.31 Å². The third-order valence-electron chi connectivity index (χ3n) is 5.35. The molecule has 10 heteroatoms. The highest BCUT2D eigenvalue weighted by atomic mass is 32.2. The predicted octanol–water partition coefficient (Wildman–Crippen LogP) is 3.82. The number of fused-ring (bicyclic) bond motifs is 1. The van der Waals surface area contributed by atoms with Crippen molar-refractivity contribution in [3.8, 4) is 23.3 Å². The number of nitrogens with zero attached hydrogens (tertiary/aromatic N) is 3. The lowest BCUT2D eigenvalue weighted by molar-refractivity contribution is 0.207. The van der Waals surface area contributed by atoms with E-state index in [-0.39, 0.29) is 6.10 Å². The molecule has 3 aromatic rings. The van der Waals surface area contributed by atoms with Crippen molar-refractivity contribution < 1.29 is 23.0 Å². The molecule has 0 radical (unpaired) electrons. The van der Waals surface area contributed by atoms with Crippen LogP contribution in [0.2, 0.25) is 0 Å². The van der Waals surface area contributed by atoms with Gasteiger partial charge in [0, 0.05) is 5.56 Å². The molecule has 1 atom stereocenters. The second-order valence-electron chi connectivity index (χ2n) is 7.47. The van der Waals surface area contributed by atoms with Crippen LogP contribution in [0.25, 0.3) is 0 Å². The fourth-order valence-electron chi connectivity index (χ4n) is 3.87. The van der Waals surface area contributed by atoms with Crippen molar-refractivity contribution in [3.63, 3.8) is 0 Å². The summed E-state index contributed by atoms with van der Waals surface area (Å²) in [6.45, 7) is 0. The number of aliphatic hydroxyl groups is 1. The van der Waals surface area contributed by atoms with Gasteiger partial charge in [-0.1, -0.05) is 12.1 Å². The standard InChI is InChI=1S/C23H18N4O5S/c24-12-15-4-7-18(13-25-15)32-21-3-1-2-19-20(21)10-11-22(19)31-17-8-5-16(6-9-17)27-14-23(28)26-33(27,29)30/h1-9,13-14,22,26,28H,10-11H2/t22-/m1/s1. The second-order valence-corrected chi connectivity index (χ2v) is 9.02. The molecular weight excluding hydrogens is 444 g/mol. The molecule has 166 valence electrons. The molecule has 0 unspecified atom stereocenters. The Balaban J connectivity index is 1.32. The van der Waals surface area contributed by atoms with Crippen molar-refractivity contribution in [3.05, 3.63) is 89.7 Å².